The molecule has 5 rings (SSSR count). The summed E-state index contributed by atoms with van der Waals surface area (Å²) >= 11 is 1.31. The summed E-state index contributed by atoms with van der Waals surface area (Å²) in [6, 6.07) is 23.2. The van der Waals surface area contributed by atoms with E-state index >= 15 is 0 Å². The van der Waals surface area contributed by atoms with Gasteiger partial charge in [0.25, 0.3) is 0 Å². The molecule has 0 spiro atoms. The van der Waals surface area contributed by atoms with E-state index in [4.69, 9.17) is 5.14 Å². The van der Waals surface area contributed by atoms with Crippen LogP contribution in [0.3, 0.4) is 0 Å². The number of aliphatic imine (C=N–C) groups is 1. The third kappa shape index (κ3) is 4.17. The van der Waals surface area contributed by atoms with Crippen LogP contribution in [0.2, 0.25) is 0 Å². The molecule has 0 amide bonds. The summed E-state index contributed by atoms with van der Waals surface area (Å²) in [7, 11) is -3.79. The maximum absolute atomic E-state index is 11.5. The second kappa shape index (κ2) is 8.28. The number of fused-ring (bicyclic) bond motifs is 1. The van der Waals surface area contributed by atoms with Crippen molar-refractivity contribution >= 4 is 50.6 Å². The number of primary sulfonamides is 1. The van der Waals surface area contributed by atoms with E-state index in [-0.39, 0.29) is 10.8 Å². The summed E-state index contributed by atoms with van der Waals surface area (Å²) in [4.78, 5) is 10.3. The number of allylic oxidation sites excluding steroid dienone is 1. The molecule has 2 heterocycles. The van der Waals surface area contributed by atoms with Gasteiger partial charge < -0.3 is 5.11 Å². The number of aromatic hydroxyl groups is 1. The molecule has 3 aromatic carbocycles. The van der Waals surface area contributed by atoms with Gasteiger partial charge in [0, 0.05) is 17.4 Å². The molecular weight excluding hydrogens is 456 g/mol. The molecule has 1 aliphatic heterocycles. The van der Waals surface area contributed by atoms with E-state index in [1.807, 2.05) is 60.7 Å². The molecule has 0 saturated heterocycles. The van der Waals surface area contributed by atoms with Crippen LogP contribution in [0.15, 0.2) is 93.7 Å². The first kappa shape index (κ1) is 21.1. The van der Waals surface area contributed by atoms with Gasteiger partial charge >= 0.3 is 0 Å². The Bertz CT molecular complexity index is 1580. The van der Waals surface area contributed by atoms with E-state index in [9.17, 15) is 13.5 Å². The number of hydrogen-bond donors (Lipinski definition) is 2. The van der Waals surface area contributed by atoms with Crippen molar-refractivity contribution in [3.8, 4) is 11.6 Å². The van der Waals surface area contributed by atoms with Crippen molar-refractivity contribution in [3.05, 3.63) is 94.1 Å². The van der Waals surface area contributed by atoms with Crippen LogP contribution in [0.1, 0.15) is 10.4 Å². The number of thiazole rings is 1. The highest BCUT2D eigenvalue weighted by Gasteiger charge is 2.17. The largest absolute Gasteiger partial charge is 0.493 e. The quantitative estimate of drug-likeness (QED) is 0.458. The van der Waals surface area contributed by atoms with Crippen molar-refractivity contribution in [2.75, 3.05) is 0 Å². The van der Waals surface area contributed by atoms with E-state index in [1.54, 1.807) is 22.9 Å². The Morgan fingerprint density at radius 2 is 1.67 bits per heavy atom. The third-order valence-corrected chi connectivity index (χ3v) is 6.98. The standard InChI is InChI=1S/C24H18N4O3S2/c25-33(30,31)19-12-10-17(11-13-19)27-24-28(18-6-2-1-3-7-18)23(29)22(32-24)14-16-15-26-21-9-5-4-8-20(16)21/h1-15,29H,(H2,25,30,31). The zero-order chi connectivity index (χ0) is 23.0. The number of sulfonamides is 1. The Balaban J connectivity index is 1.66. The summed E-state index contributed by atoms with van der Waals surface area (Å²) in [6.45, 7) is 0. The number of rotatable bonds is 4. The summed E-state index contributed by atoms with van der Waals surface area (Å²) in [5.41, 5.74) is 4.05. The van der Waals surface area contributed by atoms with Crippen molar-refractivity contribution in [3.63, 3.8) is 0 Å². The summed E-state index contributed by atoms with van der Waals surface area (Å²) in [6.07, 6.45) is 3.66. The second-order valence-electron chi connectivity index (χ2n) is 7.27. The van der Waals surface area contributed by atoms with Crippen LogP contribution in [0.4, 0.5) is 11.4 Å². The highest BCUT2D eigenvalue weighted by atomic mass is 32.2. The molecule has 7 nitrogen and oxygen atoms in total. The molecule has 0 bridgehead atoms. The van der Waals surface area contributed by atoms with Crippen LogP contribution in [0.5, 0.6) is 5.88 Å². The summed E-state index contributed by atoms with van der Waals surface area (Å²) < 4.78 is 24.7. The molecule has 164 valence electrons. The highest BCUT2D eigenvalue weighted by Crippen LogP contribution is 2.35. The molecule has 4 aromatic rings. The summed E-state index contributed by atoms with van der Waals surface area (Å²) in [5, 5.41) is 16.3. The number of para-hydroxylation sites is 2. The van der Waals surface area contributed by atoms with Gasteiger partial charge in [0.2, 0.25) is 15.9 Å². The van der Waals surface area contributed by atoms with Gasteiger partial charge in [0.05, 0.1) is 26.8 Å². The predicted octanol–water partition coefficient (Wildman–Crippen LogP) is 4.38. The van der Waals surface area contributed by atoms with Crippen LogP contribution in [-0.4, -0.2) is 24.3 Å². The maximum atomic E-state index is 11.5. The molecule has 0 unspecified atom stereocenters. The SMILES string of the molecule is NS(=O)(=O)c1ccc(N=c2sc(C=C3C=Nc4ccccc43)c(O)n2-c2ccccc2)cc1. The lowest BCUT2D eigenvalue weighted by molar-refractivity contribution is 0.439. The lowest BCUT2D eigenvalue weighted by atomic mass is 10.1. The van der Waals surface area contributed by atoms with Gasteiger partial charge in [-0.3, -0.25) is 9.56 Å². The minimum absolute atomic E-state index is 0.0102. The van der Waals surface area contributed by atoms with Gasteiger partial charge in [-0.25, -0.2) is 18.5 Å². The fraction of sp³-hybridized carbons (Fsp3) is 0. The Hall–Kier alpha value is -3.79. The average Bonchev–Trinajstić information content (AvgIpc) is 3.35. The van der Waals surface area contributed by atoms with Gasteiger partial charge in [-0.2, -0.15) is 0 Å². The number of aromatic nitrogens is 1. The fourth-order valence-electron chi connectivity index (χ4n) is 3.48. The molecule has 3 N–H and O–H groups in total. The summed E-state index contributed by atoms with van der Waals surface area (Å²) in [5.74, 6) is 0.0522. The second-order valence-corrected chi connectivity index (χ2v) is 9.84. The predicted molar refractivity (Wildman–Crippen MR) is 131 cm³/mol. The number of nitrogens with zero attached hydrogens (tertiary/aromatic N) is 3. The molecule has 0 aliphatic carbocycles. The number of benzene rings is 3. The third-order valence-electron chi connectivity index (χ3n) is 5.07. The van der Waals surface area contributed by atoms with E-state index < -0.39 is 10.0 Å². The maximum Gasteiger partial charge on any atom is 0.238 e. The zero-order valence-electron chi connectivity index (χ0n) is 17.2. The Morgan fingerprint density at radius 1 is 0.970 bits per heavy atom. The minimum Gasteiger partial charge on any atom is -0.493 e. The topological polar surface area (TPSA) is 110 Å². The normalized spacial score (nSPS) is 14.7. The molecule has 0 radical (unpaired) electrons. The lowest BCUT2D eigenvalue weighted by Gasteiger charge is -2.05. The molecule has 1 aliphatic rings. The highest BCUT2D eigenvalue weighted by molar-refractivity contribution is 7.89. The molecule has 0 saturated carbocycles. The van der Waals surface area contributed by atoms with E-state index in [2.05, 4.69) is 9.98 Å². The smallest absolute Gasteiger partial charge is 0.238 e. The van der Waals surface area contributed by atoms with Crippen LogP contribution < -0.4 is 9.94 Å². The van der Waals surface area contributed by atoms with Crippen molar-refractivity contribution in [1.82, 2.24) is 4.57 Å². The van der Waals surface area contributed by atoms with Crippen molar-refractivity contribution < 1.29 is 13.5 Å². The monoisotopic (exact) mass is 474 g/mol. The van der Waals surface area contributed by atoms with Crippen LogP contribution in [0, 0.1) is 0 Å². The van der Waals surface area contributed by atoms with Gasteiger partial charge in [-0.05, 0) is 48.5 Å². The first-order valence-corrected chi connectivity index (χ1v) is 12.3. The van der Waals surface area contributed by atoms with Crippen LogP contribution in [0.25, 0.3) is 17.3 Å². The van der Waals surface area contributed by atoms with Gasteiger partial charge in [-0.1, -0.05) is 47.7 Å². The Labute approximate surface area is 194 Å². The molecule has 0 fully saturated rings. The molecule has 33 heavy (non-hydrogen) atoms. The van der Waals surface area contributed by atoms with Crippen LogP contribution in [-0.2, 0) is 10.0 Å². The fourth-order valence-corrected chi connectivity index (χ4v) is 5.00. The van der Waals surface area contributed by atoms with Gasteiger partial charge in [0.1, 0.15) is 0 Å². The Morgan fingerprint density at radius 3 is 2.39 bits per heavy atom. The molecular formula is C24H18N4O3S2. The van der Waals surface area contributed by atoms with E-state index in [0.29, 0.717) is 15.4 Å². The van der Waals surface area contributed by atoms with Crippen molar-refractivity contribution in [1.29, 1.82) is 0 Å². The molecule has 9 heteroatoms. The minimum atomic E-state index is -3.79. The molecule has 0 atom stereocenters. The average molecular weight is 475 g/mol. The zero-order valence-corrected chi connectivity index (χ0v) is 18.8. The van der Waals surface area contributed by atoms with Crippen molar-refractivity contribution in [2.24, 2.45) is 15.1 Å². The Kier molecular flexibility index (Phi) is 5.29. The first-order valence-electron chi connectivity index (χ1n) is 9.93. The van der Waals surface area contributed by atoms with Gasteiger partial charge in [-0.15, -0.1) is 0 Å². The van der Waals surface area contributed by atoms with E-state index in [0.717, 1.165) is 22.5 Å². The van der Waals surface area contributed by atoms with Crippen LogP contribution >= 0.6 is 11.3 Å². The first-order chi connectivity index (χ1) is 15.9. The number of nitrogens with two attached hydrogens (primary N) is 1. The molecule has 1 aromatic heterocycles. The number of hydrogen-bond acceptors (Lipinski definition) is 6. The van der Waals surface area contributed by atoms with E-state index in [1.165, 1.54) is 23.5 Å². The van der Waals surface area contributed by atoms with Crippen molar-refractivity contribution in [2.45, 2.75) is 4.90 Å². The lowest BCUT2D eigenvalue weighted by Crippen LogP contribution is -2.12. The van der Waals surface area contributed by atoms with Gasteiger partial charge in [0.15, 0.2) is 4.80 Å².